The largest absolute Gasteiger partial charge is 0.506 e. The van der Waals surface area contributed by atoms with E-state index in [2.05, 4.69) is 20.9 Å². The number of hydrogen-bond donors (Lipinski definition) is 1. The molecule has 1 heterocycles. The van der Waals surface area contributed by atoms with Crippen LogP contribution in [0.15, 0.2) is 16.7 Å². The molecule has 1 N–H and O–H groups in total. The lowest BCUT2D eigenvalue weighted by Crippen LogP contribution is -1.80. The molecule has 9 heavy (non-hydrogen) atoms. The van der Waals surface area contributed by atoms with Gasteiger partial charge in [0.1, 0.15) is 5.75 Å². The van der Waals surface area contributed by atoms with Crippen molar-refractivity contribution in [3.05, 3.63) is 22.7 Å². The molecule has 0 aliphatic heterocycles. The zero-order chi connectivity index (χ0) is 6.85. The third-order valence-electron chi connectivity index (χ3n) is 0.782. The van der Waals surface area contributed by atoms with Crippen LogP contribution in [0.3, 0.4) is 0 Å². The van der Waals surface area contributed by atoms with Gasteiger partial charge in [0, 0.05) is 6.07 Å². The van der Waals surface area contributed by atoms with Crippen molar-refractivity contribution in [3.63, 3.8) is 0 Å². The Bertz CT molecular complexity index is 228. The molecule has 0 aromatic carbocycles. The van der Waals surface area contributed by atoms with Crippen LogP contribution in [0.4, 0.5) is 4.39 Å². The summed E-state index contributed by atoms with van der Waals surface area (Å²) < 4.78 is 12.4. The fourth-order valence-electron chi connectivity index (χ4n) is 0.411. The molecule has 0 amide bonds. The van der Waals surface area contributed by atoms with E-state index in [-0.39, 0.29) is 10.2 Å². The number of pyridine rings is 1. The number of halogens is 2. The first-order valence-corrected chi connectivity index (χ1v) is 2.99. The zero-order valence-corrected chi connectivity index (χ0v) is 5.89. The van der Waals surface area contributed by atoms with Crippen LogP contribution >= 0.6 is 15.9 Å². The normalized spacial score (nSPS) is 9.56. The molecule has 0 saturated carbocycles. The molecule has 0 bridgehead atoms. The molecule has 1 aromatic rings. The molecule has 2 nitrogen and oxygen atoms in total. The van der Waals surface area contributed by atoms with Gasteiger partial charge < -0.3 is 5.11 Å². The maximum Gasteiger partial charge on any atom is 0.227 e. The van der Waals surface area contributed by atoms with E-state index >= 15 is 0 Å². The van der Waals surface area contributed by atoms with Crippen LogP contribution in [-0.4, -0.2) is 10.1 Å². The molecule has 1 rings (SSSR count). The van der Waals surface area contributed by atoms with Gasteiger partial charge in [-0.2, -0.15) is 4.39 Å². The molecule has 0 radical (unpaired) electrons. The topological polar surface area (TPSA) is 33.1 Å². The Balaban J connectivity index is 3.17. The summed E-state index contributed by atoms with van der Waals surface area (Å²) in [6, 6.07) is 1.24. The van der Waals surface area contributed by atoms with Crippen LogP contribution in [0, 0.1) is 5.95 Å². The smallest absolute Gasteiger partial charge is 0.227 e. The second-order valence-corrected chi connectivity index (χ2v) is 2.32. The van der Waals surface area contributed by atoms with Crippen LogP contribution in [0.2, 0.25) is 0 Å². The predicted molar refractivity (Wildman–Crippen MR) is 33.6 cm³/mol. The summed E-state index contributed by atoms with van der Waals surface area (Å²) in [7, 11) is 0. The van der Waals surface area contributed by atoms with Crippen molar-refractivity contribution in [3.8, 4) is 5.75 Å². The fraction of sp³-hybridized carbons (Fsp3) is 0. The SMILES string of the molecule is Oc1cnc(F)c(Br)c1. The molecule has 48 valence electrons. The summed E-state index contributed by atoms with van der Waals surface area (Å²) in [5.41, 5.74) is 0. The van der Waals surface area contributed by atoms with Gasteiger partial charge in [0.2, 0.25) is 5.95 Å². The lowest BCUT2D eigenvalue weighted by atomic mass is 10.5. The highest BCUT2D eigenvalue weighted by atomic mass is 79.9. The molecular formula is C5H3BrFNO. The van der Waals surface area contributed by atoms with Crippen molar-refractivity contribution < 1.29 is 9.50 Å². The van der Waals surface area contributed by atoms with E-state index in [1.54, 1.807) is 0 Å². The quantitative estimate of drug-likeness (QED) is 0.634. The van der Waals surface area contributed by atoms with Crippen molar-refractivity contribution >= 4 is 15.9 Å². The van der Waals surface area contributed by atoms with Gasteiger partial charge in [0.15, 0.2) is 0 Å². The third-order valence-corrected chi connectivity index (χ3v) is 1.34. The van der Waals surface area contributed by atoms with Crippen LogP contribution in [0.1, 0.15) is 0 Å². The van der Waals surface area contributed by atoms with Crippen molar-refractivity contribution in [1.29, 1.82) is 0 Å². The van der Waals surface area contributed by atoms with Crippen LogP contribution in [-0.2, 0) is 0 Å². The second kappa shape index (κ2) is 2.31. The maximum absolute atomic E-state index is 12.2. The molecule has 0 aliphatic rings. The van der Waals surface area contributed by atoms with E-state index in [0.29, 0.717) is 0 Å². The molecule has 0 atom stereocenters. The van der Waals surface area contributed by atoms with Gasteiger partial charge in [-0.3, -0.25) is 0 Å². The van der Waals surface area contributed by atoms with Gasteiger partial charge in [-0.15, -0.1) is 0 Å². The van der Waals surface area contributed by atoms with Crippen LogP contribution < -0.4 is 0 Å². The monoisotopic (exact) mass is 191 g/mol. The van der Waals surface area contributed by atoms with E-state index in [4.69, 9.17) is 5.11 Å². The highest BCUT2D eigenvalue weighted by molar-refractivity contribution is 9.10. The Labute approximate surface area is 59.5 Å². The molecule has 4 heteroatoms. The first-order valence-electron chi connectivity index (χ1n) is 2.20. The minimum absolute atomic E-state index is 0.0525. The van der Waals surface area contributed by atoms with Gasteiger partial charge in [-0.05, 0) is 15.9 Å². The van der Waals surface area contributed by atoms with Crippen molar-refractivity contribution in [2.24, 2.45) is 0 Å². The molecule has 0 fully saturated rings. The fourth-order valence-corrected chi connectivity index (χ4v) is 0.748. The van der Waals surface area contributed by atoms with Crippen molar-refractivity contribution in [1.82, 2.24) is 4.98 Å². The molecule has 1 aromatic heterocycles. The van der Waals surface area contributed by atoms with Gasteiger partial charge in [0.05, 0.1) is 10.7 Å². The van der Waals surface area contributed by atoms with E-state index in [9.17, 15) is 4.39 Å². The molecule has 0 unspecified atom stereocenters. The molecule has 0 spiro atoms. The molecule has 0 aliphatic carbocycles. The first kappa shape index (κ1) is 6.48. The molecule has 0 saturated heterocycles. The lowest BCUT2D eigenvalue weighted by molar-refractivity contribution is 0.465. The minimum atomic E-state index is -0.618. The zero-order valence-electron chi connectivity index (χ0n) is 4.31. The van der Waals surface area contributed by atoms with E-state index in [1.807, 2.05) is 0 Å². The van der Waals surface area contributed by atoms with E-state index in [1.165, 1.54) is 6.07 Å². The maximum atomic E-state index is 12.2. The Kier molecular flexibility index (Phi) is 1.66. The number of nitrogens with zero attached hydrogens (tertiary/aromatic N) is 1. The number of aromatic nitrogens is 1. The summed E-state index contributed by atoms with van der Waals surface area (Å²) in [5, 5.41) is 8.68. The van der Waals surface area contributed by atoms with Gasteiger partial charge >= 0.3 is 0 Å². The van der Waals surface area contributed by atoms with Gasteiger partial charge in [-0.25, -0.2) is 4.98 Å². The Morgan fingerprint density at radius 2 is 2.33 bits per heavy atom. The second-order valence-electron chi connectivity index (χ2n) is 1.47. The predicted octanol–water partition coefficient (Wildman–Crippen LogP) is 1.69. The Hall–Kier alpha value is -0.640. The average Bonchev–Trinajstić information content (AvgIpc) is 1.80. The number of hydrogen-bond acceptors (Lipinski definition) is 2. The van der Waals surface area contributed by atoms with Crippen molar-refractivity contribution in [2.75, 3.05) is 0 Å². The summed E-state index contributed by atoms with van der Waals surface area (Å²) in [6.45, 7) is 0. The summed E-state index contributed by atoms with van der Waals surface area (Å²) >= 11 is 2.85. The Morgan fingerprint density at radius 1 is 1.67 bits per heavy atom. The van der Waals surface area contributed by atoms with Gasteiger partial charge in [-0.1, -0.05) is 0 Å². The standard InChI is InChI=1S/C5H3BrFNO/c6-4-1-3(9)2-8-5(4)7/h1-2,9H. The highest BCUT2D eigenvalue weighted by Gasteiger charge is 1.98. The number of aromatic hydroxyl groups is 1. The van der Waals surface area contributed by atoms with Crippen molar-refractivity contribution in [2.45, 2.75) is 0 Å². The number of rotatable bonds is 0. The average molecular weight is 192 g/mol. The molecular weight excluding hydrogens is 189 g/mol. The summed E-state index contributed by atoms with van der Waals surface area (Å²) in [4.78, 5) is 3.21. The summed E-state index contributed by atoms with van der Waals surface area (Å²) in [5.74, 6) is -0.670. The minimum Gasteiger partial charge on any atom is -0.506 e. The summed E-state index contributed by atoms with van der Waals surface area (Å²) in [6.07, 6.45) is 1.04. The third kappa shape index (κ3) is 1.38. The van der Waals surface area contributed by atoms with Gasteiger partial charge in [0.25, 0.3) is 0 Å². The Morgan fingerprint density at radius 3 is 2.78 bits per heavy atom. The van der Waals surface area contributed by atoms with Crippen LogP contribution in [0.5, 0.6) is 5.75 Å². The highest BCUT2D eigenvalue weighted by Crippen LogP contribution is 2.17. The lowest BCUT2D eigenvalue weighted by Gasteiger charge is -1.91. The van der Waals surface area contributed by atoms with E-state index in [0.717, 1.165) is 6.20 Å². The van der Waals surface area contributed by atoms with E-state index < -0.39 is 5.95 Å². The first-order chi connectivity index (χ1) is 4.20. The van der Waals surface area contributed by atoms with Crippen LogP contribution in [0.25, 0.3) is 0 Å².